The Balaban J connectivity index is 3.68. The van der Waals surface area contributed by atoms with Gasteiger partial charge in [0.05, 0.1) is 0 Å². The third-order valence-corrected chi connectivity index (χ3v) is 1.06. The Bertz CT molecular complexity index is 146. The van der Waals surface area contributed by atoms with Crippen molar-refractivity contribution in [2.45, 2.75) is 20.3 Å². The lowest BCUT2D eigenvalue weighted by Gasteiger charge is -1.85. The summed E-state index contributed by atoms with van der Waals surface area (Å²) in [6, 6.07) is 0. The lowest BCUT2D eigenvalue weighted by Crippen LogP contribution is -1.71. The fourth-order valence-corrected chi connectivity index (χ4v) is 0.322. The van der Waals surface area contributed by atoms with Gasteiger partial charge in [-0.2, -0.15) is 0 Å². The number of allylic oxidation sites excluding steroid dienone is 2. The van der Waals surface area contributed by atoms with Crippen LogP contribution < -0.4 is 0 Å². The molecule has 0 saturated heterocycles. The Morgan fingerprint density at radius 3 is 2.78 bits per heavy atom. The molecular formula is C8H12O. The second-order valence-corrected chi connectivity index (χ2v) is 1.82. The third-order valence-electron chi connectivity index (χ3n) is 1.06. The molecule has 0 spiro atoms. The van der Waals surface area contributed by atoms with E-state index in [-0.39, 0.29) is 6.61 Å². The molecule has 0 aromatic rings. The van der Waals surface area contributed by atoms with Gasteiger partial charge < -0.3 is 5.11 Å². The largest absolute Gasteiger partial charge is 0.384 e. The van der Waals surface area contributed by atoms with Crippen molar-refractivity contribution in [1.29, 1.82) is 0 Å². The molecule has 0 unspecified atom stereocenters. The summed E-state index contributed by atoms with van der Waals surface area (Å²) in [6.45, 7) is 4.05. The van der Waals surface area contributed by atoms with Gasteiger partial charge in [-0.05, 0) is 19.4 Å². The van der Waals surface area contributed by atoms with Gasteiger partial charge in [-0.15, -0.1) is 0 Å². The van der Waals surface area contributed by atoms with Crippen molar-refractivity contribution in [2.75, 3.05) is 6.61 Å². The van der Waals surface area contributed by atoms with Gasteiger partial charge in [-0.25, -0.2) is 0 Å². The molecule has 1 heteroatoms. The summed E-state index contributed by atoms with van der Waals surface area (Å²) >= 11 is 0. The Morgan fingerprint density at radius 2 is 2.33 bits per heavy atom. The Labute approximate surface area is 56.4 Å². The molecule has 0 aliphatic carbocycles. The van der Waals surface area contributed by atoms with Crippen molar-refractivity contribution in [2.24, 2.45) is 0 Å². The van der Waals surface area contributed by atoms with Crippen molar-refractivity contribution in [3.05, 3.63) is 11.6 Å². The Kier molecular flexibility index (Phi) is 4.95. The molecule has 0 fully saturated rings. The summed E-state index contributed by atoms with van der Waals surface area (Å²) < 4.78 is 0. The minimum atomic E-state index is -0.0481. The first-order valence-corrected chi connectivity index (χ1v) is 3.06. The average Bonchev–Trinajstić information content (AvgIpc) is 1.89. The maximum atomic E-state index is 8.25. The standard InChI is InChI=1S/C8H12O/c1-3-8(2)6-4-5-7-9/h6,9H,3,7H2,1-2H3/b8-6-. The normalized spacial score (nSPS) is 10.3. The second-order valence-electron chi connectivity index (χ2n) is 1.82. The molecule has 0 aliphatic heterocycles. The number of aliphatic hydroxyl groups excluding tert-OH is 1. The molecule has 0 aliphatic rings. The zero-order chi connectivity index (χ0) is 7.11. The van der Waals surface area contributed by atoms with Crippen LogP contribution in [0.15, 0.2) is 11.6 Å². The summed E-state index contributed by atoms with van der Waals surface area (Å²) in [5.74, 6) is 5.27. The summed E-state index contributed by atoms with van der Waals surface area (Å²) in [5, 5.41) is 8.25. The van der Waals surface area contributed by atoms with E-state index in [1.807, 2.05) is 13.0 Å². The van der Waals surface area contributed by atoms with E-state index in [4.69, 9.17) is 5.11 Å². The lowest BCUT2D eigenvalue weighted by molar-refractivity contribution is 0.350. The van der Waals surface area contributed by atoms with Gasteiger partial charge in [0.2, 0.25) is 0 Å². The van der Waals surface area contributed by atoms with Crippen molar-refractivity contribution < 1.29 is 5.11 Å². The predicted molar refractivity (Wildman–Crippen MR) is 38.9 cm³/mol. The molecule has 0 aromatic heterocycles. The van der Waals surface area contributed by atoms with Crippen molar-refractivity contribution in [3.8, 4) is 11.8 Å². The summed E-state index contributed by atoms with van der Waals surface area (Å²) in [6.07, 6.45) is 2.86. The van der Waals surface area contributed by atoms with Crippen LogP contribution in [0.25, 0.3) is 0 Å². The number of hydrogen-bond donors (Lipinski definition) is 1. The molecule has 0 rings (SSSR count). The first-order valence-electron chi connectivity index (χ1n) is 3.06. The summed E-state index contributed by atoms with van der Waals surface area (Å²) in [7, 11) is 0. The van der Waals surface area contributed by atoms with Gasteiger partial charge in [0.1, 0.15) is 6.61 Å². The highest BCUT2D eigenvalue weighted by Crippen LogP contribution is 1.94. The van der Waals surface area contributed by atoms with Crippen molar-refractivity contribution in [3.63, 3.8) is 0 Å². The van der Waals surface area contributed by atoms with Crippen molar-refractivity contribution >= 4 is 0 Å². The lowest BCUT2D eigenvalue weighted by atomic mass is 10.2. The summed E-state index contributed by atoms with van der Waals surface area (Å²) in [5.41, 5.74) is 1.25. The van der Waals surface area contributed by atoms with Gasteiger partial charge in [-0.1, -0.05) is 24.3 Å². The zero-order valence-electron chi connectivity index (χ0n) is 5.94. The molecule has 1 nitrogen and oxygen atoms in total. The highest BCUT2D eigenvalue weighted by molar-refractivity contribution is 5.19. The van der Waals surface area contributed by atoms with E-state index in [0.29, 0.717) is 0 Å². The van der Waals surface area contributed by atoms with Gasteiger partial charge in [0.15, 0.2) is 0 Å². The first kappa shape index (κ1) is 8.26. The number of hydrogen-bond acceptors (Lipinski definition) is 1. The molecule has 0 heterocycles. The van der Waals surface area contributed by atoms with E-state index < -0.39 is 0 Å². The highest BCUT2D eigenvalue weighted by Gasteiger charge is 1.76. The van der Waals surface area contributed by atoms with Gasteiger partial charge in [-0.3, -0.25) is 0 Å². The van der Waals surface area contributed by atoms with E-state index in [1.54, 1.807) is 0 Å². The molecule has 0 aromatic carbocycles. The van der Waals surface area contributed by atoms with E-state index in [0.717, 1.165) is 6.42 Å². The first-order chi connectivity index (χ1) is 4.31. The molecule has 0 atom stereocenters. The zero-order valence-corrected chi connectivity index (χ0v) is 5.94. The van der Waals surface area contributed by atoms with E-state index in [9.17, 15) is 0 Å². The number of rotatable bonds is 1. The topological polar surface area (TPSA) is 20.2 Å². The molecule has 0 amide bonds. The predicted octanol–water partition coefficient (Wildman–Crippen LogP) is 1.34. The molecule has 0 bridgehead atoms. The minimum Gasteiger partial charge on any atom is -0.384 e. The van der Waals surface area contributed by atoms with Crippen LogP contribution in [0.3, 0.4) is 0 Å². The van der Waals surface area contributed by atoms with Gasteiger partial charge in [0, 0.05) is 0 Å². The third kappa shape index (κ3) is 5.13. The van der Waals surface area contributed by atoms with Gasteiger partial charge >= 0.3 is 0 Å². The van der Waals surface area contributed by atoms with E-state index in [2.05, 4.69) is 18.8 Å². The monoisotopic (exact) mass is 124 g/mol. The van der Waals surface area contributed by atoms with Crippen LogP contribution in [0, 0.1) is 11.8 Å². The minimum absolute atomic E-state index is 0.0481. The molecule has 1 N–H and O–H groups in total. The van der Waals surface area contributed by atoms with E-state index in [1.165, 1.54) is 5.57 Å². The number of aliphatic hydroxyl groups is 1. The highest BCUT2D eigenvalue weighted by atomic mass is 16.2. The second kappa shape index (κ2) is 5.40. The Hall–Kier alpha value is -0.740. The van der Waals surface area contributed by atoms with Crippen LogP contribution in [-0.4, -0.2) is 11.7 Å². The smallest absolute Gasteiger partial charge is 0.104 e. The Morgan fingerprint density at radius 1 is 1.67 bits per heavy atom. The van der Waals surface area contributed by atoms with E-state index >= 15 is 0 Å². The van der Waals surface area contributed by atoms with Crippen LogP contribution in [0.5, 0.6) is 0 Å². The molecule has 50 valence electrons. The molecule has 0 saturated carbocycles. The van der Waals surface area contributed by atoms with Crippen LogP contribution in [0.1, 0.15) is 20.3 Å². The SMILES string of the molecule is CC/C(C)=C\C#CCO. The molecular weight excluding hydrogens is 112 g/mol. The maximum absolute atomic E-state index is 8.25. The molecule has 9 heavy (non-hydrogen) atoms. The maximum Gasteiger partial charge on any atom is 0.104 e. The van der Waals surface area contributed by atoms with Crippen LogP contribution >= 0.6 is 0 Å². The quantitative estimate of drug-likeness (QED) is 0.523. The van der Waals surface area contributed by atoms with Crippen LogP contribution in [0.2, 0.25) is 0 Å². The fourth-order valence-electron chi connectivity index (χ4n) is 0.322. The van der Waals surface area contributed by atoms with Gasteiger partial charge in [0.25, 0.3) is 0 Å². The van der Waals surface area contributed by atoms with Crippen molar-refractivity contribution in [1.82, 2.24) is 0 Å². The fraction of sp³-hybridized carbons (Fsp3) is 0.500. The molecule has 0 radical (unpaired) electrons. The van der Waals surface area contributed by atoms with Crippen LogP contribution in [-0.2, 0) is 0 Å². The van der Waals surface area contributed by atoms with Crippen LogP contribution in [0.4, 0.5) is 0 Å². The average molecular weight is 124 g/mol. The summed E-state index contributed by atoms with van der Waals surface area (Å²) in [4.78, 5) is 0.